The van der Waals surface area contributed by atoms with Crippen LogP contribution in [0.3, 0.4) is 0 Å². The zero-order chi connectivity index (χ0) is 9.68. The zero-order valence-corrected chi connectivity index (χ0v) is 8.59. The molecule has 0 spiro atoms. The summed E-state index contributed by atoms with van der Waals surface area (Å²) in [6.07, 6.45) is 1.11. The Morgan fingerprint density at radius 3 is 2.08 bits per heavy atom. The molecule has 1 aromatic carbocycles. The second-order valence-corrected chi connectivity index (χ2v) is 3.32. The number of benzene rings is 1. The Kier molecular flexibility index (Phi) is 3.69. The minimum atomic E-state index is 0.945. The van der Waals surface area contributed by atoms with E-state index in [-0.39, 0.29) is 0 Å². The Hall–Kier alpha value is -1.11. The van der Waals surface area contributed by atoms with Crippen LogP contribution < -0.4 is 0 Å². The summed E-state index contributed by atoms with van der Waals surface area (Å²) in [5.41, 5.74) is 2.74. The van der Waals surface area contributed by atoms with E-state index in [1.165, 1.54) is 11.1 Å². The van der Waals surface area contributed by atoms with E-state index in [9.17, 15) is 0 Å². The highest BCUT2D eigenvalue weighted by Crippen LogP contribution is 2.05. The molecule has 1 rings (SSSR count). The number of aryl methyl sites for hydroxylation is 1. The average Bonchev–Trinajstić information content (AvgIpc) is 2.19. The molecular weight excluding hydrogens is 158 g/mol. The van der Waals surface area contributed by atoms with E-state index in [1.54, 1.807) is 0 Å². The lowest BCUT2D eigenvalue weighted by Crippen LogP contribution is -2.07. The third-order valence-electron chi connectivity index (χ3n) is 2.28. The molecular formula is C12H18N+. The molecule has 0 aliphatic carbocycles. The molecule has 0 unspecified atom stereocenters. The standard InChI is InChI=1S/C12H18N/c1-4-11-6-8-12(9-7-11)10-13(3)5-2/h6-9H,3-5,10H2,1-2H3/q+1. The summed E-state index contributed by atoms with van der Waals surface area (Å²) in [6, 6.07) is 8.76. The first kappa shape index (κ1) is 9.97. The van der Waals surface area contributed by atoms with Gasteiger partial charge in [0.25, 0.3) is 0 Å². The van der Waals surface area contributed by atoms with Gasteiger partial charge in [-0.05, 0) is 18.9 Å². The summed E-state index contributed by atoms with van der Waals surface area (Å²) in [7, 11) is 0. The van der Waals surface area contributed by atoms with Gasteiger partial charge in [-0.2, -0.15) is 0 Å². The molecule has 0 aliphatic rings. The van der Waals surface area contributed by atoms with E-state index in [0.717, 1.165) is 19.5 Å². The number of nitrogens with zero attached hydrogens (tertiary/aromatic N) is 1. The maximum Gasteiger partial charge on any atom is 0.167 e. The van der Waals surface area contributed by atoms with Crippen molar-refractivity contribution in [1.82, 2.24) is 0 Å². The van der Waals surface area contributed by atoms with Gasteiger partial charge in [0.1, 0.15) is 13.3 Å². The molecule has 0 radical (unpaired) electrons. The largest absolute Gasteiger partial charge is 0.238 e. The zero-order valence-electron chi connectivity index (χ0n) is 8.59. The summed E-state index contributed by atoms with van der Waals surface area (Å²) < 4.78 is 2.06. The SMILES string of the molecule is C=[N+](CC)Cc1ccc(CC)cc1. The van der Waals surface area contributed by atoms with Crippen molar-refractivity contribution in [3.63, 3.8) is 0 Å². The van der Waals surface area contributed by atoms with Gasteiger partial charge in [-0.15, -0.1) is 0 Å². The Morgan fingerprint density at radius 2 is 1.62 bits per heavy atom. The van der Waals surface area contributed by atoms with Crippen molar-refractivity contribution in [3.8, 4) is 0 Å². The second-order valence-electron chi connectivity index (χ2n) is 3.32. The van der Waals surface area contributed by atoms with E-state index >= 15 is 0 Å². The lowest BCUT2D eigenvalue weighted by molar-refractivity contribution is -0.532. The molecule has 1 nitrogen and oxygen atoms in total. The number of rotatable bonds is 4. The smallest absolute Gasteiger partial charge is 0.167 e. The predicted molar refractivity (Wildman–Crippen MR) is 57.4 cm³/mol. The van der Waals surface area contributed by atoms with Crippen LogP contribution >= 0.6 is 0 Å². The van der Waals surface area contributed by atoms with Crippen molar-refractivity contribution in [2.75, 3.05) is 6.54 Å². The van der Waals surface area contributed by atoms with Gasteiger partial charge in [0.2, 0.25) is 0 Å². The van der Waals surface area contributed by atoms with Crippen LogP contribution in [0, 0.1) is 0 Å². The van der Waals surface area contributed by atoms with Crippen molar-refractivity contribution in [3.05, 3.63) is 35.4 Å². The fourth-order valence-electron chi connectivity index (χ4n) is 1.25. The molecule has 0 saturated carbocycles. The van der Waals surface area contributed by atoms with Crippen LogP contribution in [-0.2, 0) is 13.0 Å². The molecule has 13 heavy (non-hydrogen) atoms. The van der Waals surface area contributed by atoms with Crippen LogP contribution in [0.1, 0.15) is 25.0 Å². The van der Waals surface area contributed by atoms with Crippen molar-refractivity contribution in [1.29, 1.82) is 0 Å². The normalized spacial score (nSPS) is 10.0. The average molecular weight is 176 g/mol. The Labute approximate surface area is 80.7 Å². The molecule has 0 saturated heterocycles. The van der Waals surface area contributed by atoms with E-state index in [4.69, 9.17) is 0 Å². The first-order valence-electron chi connectivity index (χ1n) is 4.89. The molecule has 0 N–H and O–H groups in total. The van der Waals surface area contributed by atoms with Crippen molar-refractivity contribution >= 4 is 6.72 Å². The van der Waals surface area contributed by atoms with Crippen molar-refractivity contribution in [2.45, 2.75) is 26.8 Å². The van der Waals surface area contributed by atoms with Gasteiger partial charge < -0.3 is 0 Å². The molecule has 1 heteroatoms. The van der Waals surface area contributed by atoms with Gasteiger partial charge in [-0.25, -0.2) is 4.58 Å². The van der Waals surface area contributed by atoms with E-state index in [1.807, 2.05) is 0 Å². The van der Waals surface area contributed by atoms with Crippen molar-refractivity contribution < 1.29 is 4.58 Å². The van der Waals surface area contributed by atoms with Gasteiger partial charge in [0, 0.05) is 5.56 Å². The lowest BCUT2D eigenvalue weighted by Gasteiger charge is -2.00. The van der Waals surface area contributed by atoms with Gasteiger partial charge >= 0.3 is 0 Å². The minimum absolute atomic E-state index is 0.945. The van der Waals surface area contributed by atoms with Crippen LogP contribution in [0.15, 0.2) is 24.3 Å². The monoisotopic (exact) mass is 176 g/mol. The topological polar surface area (TPSA) is 3.01 Å². The number of hydrogen-bond acceptors (Lipinski definition) is 0. The van der Waals surface area contributed by atoms with Gasteiger partial charge in [0.15, 0.2) is 6.54 Å². The Balaban J connectivity index is 2.64. The fourth-order valence-corrected chi connectivity index (χ4v) is 1.25. The minimum Gasteiger partial charge on any atom is -0.238 e. The lowest BCUT2D eigenvalue weighted by atomic mass is 10.1. The van der Waals surface area contributed by atoms with Gasteiger partial charge in [-0.1, -0.05) is 31.2 Å². The molecule has 0 fully saturated rings. The molecule has 1 aromatic rings. The quantitative estimate of drug-likeness (QED) is 0.490. The van der Waals surface area contributed by atoms with Crippen LogP contribution in [0.5, 0.6) is 0 Å². The van der Waals surface area contributed by atoms with E-state index in [2.05, 4.69) is 49.4 Å². The Morgan fingerprint density at radius 1 is 1.08 bits per heavy atom. The molecule has 0 aromatic heterocycles. The van der Waals surface area contributed by atoms with Gasteiger partial charge in [-0.3, -0.25) is 0 Å². The third kappa shape index (κ3) is 3.02. The highest BCUT2D eigenvalue weighted by atomic mass is 15.0. The molecule has 0 bridgehead atoms. The maximum atomic E-state index is 3.93. The molecule has 0 aliphatic heterocycles. The van der Waals surface area contributed by atoms with Crippen LogP contribution in [0.2, 0.25) is 0 Å². The molecule has 0 amide bonds. The summed E-state index contributed by atoms with van der Waals surface area (Å²) in [5, 5.41) is 0. The van der Waals surface area contributed by atoms with E-state index < -0.39 is 0 Å². The summed E-state index contributed by atoms with van der Waals surface area (Å²) in [5.74, 6) is 0. The van der Waals surface area contributed by atoms with Crippen LogP contribution in [-0.4, -0.2) is 17.8 Å². The highest BCUT2D eigenvalue weighted by Gasteiger charge is 1.99. The Bertz CT molecular complexity index is 272. The highest BCUT2D eigenvalue weighted by molar-refractivity contribution is 5.22. The summed E-state index contributed by atoms with van der Waals surface area (Å²) in [4.78, 5) is 0. The van der Waals surface area contributed by atoms with Crippen LogP contribution in [0.25, 0.3) is 0 Å². The molecule has 0 heterocycles. The first-order valence-corrected chi connectivity index (χ1v) is 4.89. The first-order chi connectivity index (χ1) is 6.26. The summed E-state index contributed by atoms with van der Waals surface area (Å²) >= 11 is 0. The second kappa shape index (κ2) is 4.80. The van der Waals surface area contributed by atoms with Crippen LogP contribution in [0.4, 0.5) is 0 Å². The van der Waals surface area contributed by atoms with Gasteiger partial charge in [0.05, 0.1) is 0 Å². The maximum absolute atomic E-state index is 3.93. The van der Waals surface area contributed by atoms with E-state index in [0.29, 0.717) is 0 Å². The third-order valence-corrected chi connectivity index (χ3v) is 2.28. The molecule has 0 atom stereocenters. The predicted octanol–water partition coefficient (Wildman–Crippen LogP) is 2.48. The van der Waals surface area contributed by atoms with Crippen molar-refractivity contribution in [2.24, 2.45) is 0 Å². The fraction of sp³-hybridized carbons (Fsp3) is 0.417. The summed E-state index contributed by atoms with van der Waals surface area (Å²) in [6.45, 7) is 10.2. The number of hydrogen-bond donors (Lipinski definition) is 0. The molecule has 70 valence electrons.